The lowest BCUT2D eigenvalue weighted by atomic mass is 10.1. The highest BCUT2D eigenvalue weighted by Crippen LogP contribution is 2.34. The molecule has 0 aliphatic carbocycles. The van der Waals surface area contributed by atoms with Crippen LogP contribution in [0.15, 0.2) is 83.3 Å². The Bertz CT molecular complexity index is 805. The lowest BCUT2D eigenvalue weighted by Gasteiger charge is -2.25. The minimum atomic E-state index is 0.649. The van der Waals surface area contributed by atoms with E-state index < -0.39 is 0 Å². The highest BCUT2D eigenvalue weighted by molar-refractivity contribution is 9.10. The molecule has 0 heterocycles. The number of hydrogen-bond donors (Lipinski definition) is 0. The topological polar surface area (TPSA) is 27.0 Å². The zero-order valence-corrected chi connectivity index (χ0v) is 13.4. The largest absolute Gasteiger partial charge is 0.310 e. The first-order valence-corrected chi connectivity index (χ1v) is 7.68. The molecule has 0 atom stereocenters. The van der Waals surface area contributed by atoms with Gasteiger partial charge in [0.25, 0.3) is 0 Å². The summed E-state index contributed by atoms with van der Waals surface area (Å²) in [5.41, 5.74) is 3.72. The third-order valence-corrected chi connectivity index (χ3v) is 3.86. The molecule has 3 rings (SSSR count). The minimum absolute atomic E-state index is 0.649. The van der Waals surface area contributed by atoms with Gasteiger partial charge in [0, 0.05) is 21.5 Å². The Kier molecular flexibility index (Phi) is 4.22. The normalized spacial score (nSPS) is 10.0. The summed E-state index contributed by atoms with van der Waals surface area (Å²) in [6.07, 6.45) is 0. The van der Waals surface area contributed by atoms with Gasteiger partial charge in [0.2, 0.25) is 0 Å². The summed E-state index contributed by atoms with van der Waals surface area (Å²) >= 11 is 3.47. The Morgan fingerprint density at radius 3 is 2.05 bits per heavy atom. The number of para-hydroxylation sites is 1. The van der Waals surface area contributed by atoms with Gasteiger partial charge in [0.1, 0.15) is 0 Å². The van der Waals surface area contributed by atoms with Crippen LogP contribution in [0.3, 0.4) is 0 Å². The van der Waals surface area contributed by atoms with Gasteiger partial charge in [-0.25, -0.2) is 0 Å². The molecule has 3 aromatic carbocycles. The number of benzene rings is 3. The second-order valence-corrected chi connectivity index (χ2v) is 5.73. The lowest BCUT2D eigenvalue weighted by Crippen LogP contribution is -2.09. The molecule has 3 aromatic rings. The summed E-state index contributed by atoms with van der Waals surface area (Å²) in [6.45, 7) is 0. The molecule has 106 valence electrons. The fraction of sp³-hybridized carbons (Fsp3) is 0. The number of hydrogen-bond acceptors (Lipinski definition) is 2. The fourth-order valence-corrected chi connectivity index (χ4v) is 2.59. The van der Waals surface area contributed by atoms with Crippen LogP contribution in [0, 0.1) is 11.3 Å². The van der Waals surface area contributed by atoms with E-state index in [1.54, 1.807) is 0 Å². The van der Waals surface area contributed by atoms with Crippen molar-refractivity contribution in [2.75, 3.05) is 4.90 Å². The van der Waals surface area contributed by atoms with Crippen molar-refractivity contribution in [3.05, 3.63) is 88.9 Å². The fourth-order valence-electron chi connectivity index (χ4n) is 2.33. The predicted molar refractivity (Wildman–Crippen MR) is 93.5 cm³/mol. The van der Waals surface area contributed by atoms with Gasteiger partial charge in [-0.05, 0) is 54.6 Å². The van der Waals surface area contributed by atoms with Crippen molar-refractivity contribution in [3.63, 3.8) is 0 Å². The zero-order chi connectivity index (χ0) is 15.4. The van der Waals surface area contributed by atoms with Crippen LogP contribution in [0.4, 0.5) is 17.1 Å². The van der Waals surface area contributed by atoms with Crippen molar-refractivity contribution < 1.29 is 0 Å². The highest BCUT2D eigenvalue weighted by Gasteiger charge is 2.12. The number of anilines is 3. The Morgan fingerprint density at radius 2 is 1.36 bits per heavy atom. The van der Waals surface area contributed by atoms with Gasteiger partial charge >= 0.3 is 0 Å². The Labute approximate surface area is 138 Å². The first-order chi connectivity index (χ1) is 10.8. The number of nitrogens with zero attached hydrogens (tertiary/aromatic N) is 2. The maximum atomic E-state index is 9.15. The monoisotopic (exact) mass is 348 g/mol. The van der Waals surface area contributed by atoms with Gasteiger partial charge < -0.3 is 4.90 Å². The smallest absolute Gasteiger partial charge is 0.0992 e. The van der Waals surface area contributed by atoms with Crippen LogP contribution in [-0.4, -0.2) is 0 Å². The second-order valence-electron chi connectivity index (χ2n) is 4.81. The Hall–Kier alpha value is -2.57. The van der Waals surface area contributed by atoms with Crippen molar-refractivity contribution in [1.29, 1.82) is 5.26 Å². The summed E-state index contributed by atoms with van der Waals surface area (Å²) in [5, 5.41) is 9.15. The summed E-state index contributed by atoms with van der Waals surface area (Å²) < 4.78 is 1.04. The summed E-state index contributed by atoms with van der Waals surface area (Å²) in [6, 6.07) is 28.1. The van der Waals surface area contributed by atoms with Gasteiger partial charge in [-0.15, -0.1) is 0 Å². The predicted octanol–water partition coefficient (Wildman–Crippen LogP) is 5.79. The van der Waals surface area contributed by atoms with Crippen molar-refractivity contribution in [2.45, 2.75) is 0 Å². The quantitative estimate of drug-likeness (QED) is 0.598. The standard InChI is InChI=1S/C19H13BrN2/c20-16-9-11-18(12-10-16)22(17-6-2-1-3-7-17)19-8-4-5-15(13-19)14-21/h1-13H. The van der Waals surface area contributed by atoms with Crippen LogP contribution in [-0.2, 0) is 0 Å². The molecule has 3 heteroatoms. The van der Waals surface area contributed by atoms with Crippen LogP contribution < -0.4 is 4.90 Å². The van der Waals surface area contributed by atoms with Crippen molar-refractivity contribution in [3.8, 4) is 6.07 Å². The van der Waals surface area contributed by atoms with Crippen LogP contribution >= 0.6 is 15.9 Å². The maximum Gasteiger partial charge on any atom is 0.0992 e. The molecule has 0 radical (unpaired) electrons. The average molecular weight is 349 g/mol. The van der Waals surface area contributed by atoms with Gasteiger partial charge in [0.15, 0.2) is 0 Å². The molecule has 0 fully saturated rings. The molecule has 0 N–H and O–H groups in total. The molecule has 0 aliphatic heterocycles. The number of halogens is 1. The van der Waals surface area contributed by atoms with E-state index >= 15 is 0 Å². The van der Waals surface area contributed by atoms with Gasteiger partial charge in [-0.1, -0.05) is 40.2 Å². The van der Waals surface area contributed by atoms with Crippen LogP contribution in [0.1, 0.15) is 5.56 Å². The maximum absolute atomic E-state index is 9.15. The molecule has 0 aromatic heterocycles. The summed E-state index contributed by atoms with van der Waals surface area (Å²) in [5.74, 6) is 0. The third-order valence-electron chi connectivity index (χ3n) is 3.33. The van der Waals surface area contributed by atoms with Gasteiger partial charge in [0.05, 0.1) is 11.6 Å². The molecule has 22 heavy (non-hydrogen) atoms. The number of nitriles is 1. The van der Waals surface area contributed by atoms with E-state index in [9.17, 15) is 0 Å². The van der Waals surface area contributed by atoms with E-state index in [4.69, 9.17) is 5.26 Å². The number of rotatable bonds is 3. The van der Waals surface area contributed by atoms with Gasteiger partial charge in [-0.2, -0.15) is 5.26 Å². The van der Waals surface area contributed by atoms with E-state index in [2.05, 4.69) is 51.2 Å². The zero-order valence-electron chi connectivity index (χ0n) is 11.8. The summed E-state index contributed by atoms with van der Waals surface area (Å²) in [4.78, 5) is 2.13. The van der Waals surface area contributed by atoms with Crippen molar-refractivity contribution >= 4 is 33.0 Å². The molecule has 0 aliphatic rings. The minimum Gasteiger partial charge on any atom is -0.310 e. The van der Waals surface area contributed by atoms with E-state index in [-0.39, 0.29) is 0 Å². The van der Waals surface area contributed by atoms with Gasteiger partial charge in [-0.3, -0.25) is 0 Å². The van der Waals surface area contributed by atoms with Crippen LogP contribution in [0.2, 0.25) is 0 Å². The molecule has 0 amide bonds. The molecule has 2 nitrogen and oxygen atoms in total. The lowest BCUT2D eigenvalue weighted by molar-refractivity contribution is 1.28. The molecule has 0 bridgehead atoms. The Balaban J connectivity index is 2.14. The van der Waals surface area contributed by atoms with E-state index in [0.29, 0.717) is 5.56 Å². The Morgan fingerprint density at radius 1 is 0.727 bits per heavy atom. The van der Waals surface area contributed by atoms with Crippen molar-refractivity contribution in [2.24, 2.45) is 0 Å². The molecule has 0 spiro atoms. The molecular formula is C19H13BrN2. The first-order valence-electron chi connectivity index (χ1n) is 6.89. The molecular weight excluding hydrogens is 336 g/mol. The molecule has 0 saturated carbocycles. The summed E-state index contributed by atoms with van der Waals surface area (Å²) in [7, 11) is 0. The van der Waals surface area contributed by atoms with E-state index in [0.717, 1.165) is 21.5 Å². The average Bonchev–Trinajstić information content (AvgIpc) is 2.58. The van der Waals surface area contributed by atoms with Crippen molar-refractivity contribution in [1.82, 2.24) is 0 Å². The van der Waals surface area contributed by atoms with Crippen LogP contribution in [0.5, 0.6) is 0 Å². The molecule has 0 saturated heterocycles. The SMILES string of the molecule is N#Cc1cccc(N(c2ccccc2)c2ccc(Br)cc2)c1. The molecule has 0 unspecified atom stereocenters. The second kappa shape index (κ2) is 6.46. The highest BCUT2D eigenvalue weighted by atomic mass is 79.9. The van der Waals surface area contributed by atoms with E-state index in [1.165, 1.54) is 0 Å². The van der Waals surface area contributed by atoms with Crippen LogP contribution in [0.25, 0.3) is 0 Å². The first kappa shape index (κ1) is 14.4. The third kappa shape index (κ3) is 3.03. The van der Waals surface area contributed by atoms with E-state index in [1.807, 2.05) is 54.6 Å².